The molecule has 8 heteroatoms. The van der Waals surface area contributed by atoms with Crippen molar-refractivity contribution in [1.29, 1.82) is 0 Å². The summed E-state index contributed by atoms with van der Waals surface area (Å²) in [4.78, 5) is 32.1. The van der Waals surface area contributed by atoms with Crippen molar-refractivity contribution < 1.29 is 14.0 Å². The van der Waals surface area contributed by atoms with Gasteiger partial charge < -0.3 is 4.90 Å². The molecule has 5 nitrogen and oxygen atoms in total. The van der Waals surface area contributed by atoms with Crippen molar-refractivity contribution in [3.8, 4) is 0 Å². The molecule has 0 aliphatic carbocycles. The molecule has 28 heavy (non-hydrogen) atoms. The number of nitrogens with one attached hydrogen (secondary N) is 1. The maximum absolute atomic E-state index is 13.9. The molecule has 1 aromatic heterocycles. The van der Waals surface area contributed by atoms with E-state index in [1.165, 1.54) is 29.5 Å². The molecule has 0 saturated heterocycles. The summed E-state index contributed by atoms with van der Waals surface area (Å²) in [6.45, 7) is 0.980. The van der Waals surface area contributed by atoms with Crippen LogP contribution in [-0.2, 0) is 13.0 Å². The van der Waals surface area contributed by atoms with Gasteiger partial charge in [0.15, 0.2) is 5.13 Å². The standard InChI is InChI=1S/C20H15ClFN3O2S/c21-13-7-4-8-14(22)17(13)18(26)24-20-23-15-9-10-25(11-16(15)28-20)19(27)12-5-2-1-3-6-12/h1-8H,9-11H2,(H,23,24,26). The predicted molar refractivity (Wildman–Crippen MR) is 106 cm³/mol. The quantitative estimate of drug-likeness (QED) is 0.690. The highest BCUT2D eigenvalue weighted by atomic mass is 35.5. The lowest BCUT2D eigenvalue weighted by molar-refractivity contribution is 0.0736. The van der Waals surface area contributed by atoms with Crippen LogP contribution >= 0.6 is 22.9 Å². The molecule has 0 radical (unpaired) electrons. The Morgan fingerprint density at radius 1 is 1.14 bits per heavy atom. The highest BCUT2D eigenvalue weighted by Gasteiger charge is 2.26. The Morgan fingerprint density at radius 2 is 1.93 bits per heavy atom. The summed E-state index contributed by atoms with van der Waals surface area (Å²) in [6, 6.07) is 13.2. The zero-order valence-corrected chi connectivity index (χ0v) is 16.2. The number of amides is 2. The summed E-state index contributed by atoms with van der Waals surface area (Å²) in [7, 11) is 0. The van der Waals surface area contributed by atoms with Crippen molar-refractivity contribution in [2.24, 2.45) is 0 Å². The Hall–Kier alpha value is -2.77. The van der Waals surface area contributed by atoms with Gasteiger partial charge in [-0.1, -0.05) is 47.2 Å². The fourth-order valence-electron chi connectivity index (χ4n) is 3.06. The van der Waals surface area contributed by atoms with E-state index in [2.05, 4.69) is 10.3 Å². The van der Waals surface area contributed by atoms with Crippen molar-refractivity contribution in [1.82, 2.24) is 9.88 Å². The number of benzene rings is 2. The summed E-state index contributed by atoms with van der Waals surface area (Å²) in [5.74, 6) is -1.37. The molecule has 1 aliphatic rings. The first-order chi connectivity index (χ1) is 13.5. The van der Waals surface area contributed by atoms with Gasteiger partial charge in [-0.15, -0.1) is 0 Å². The number of rotatable bonds is 3. The molecule has 1 N–H and O–H groups in total. The van der Waals surface area contributed by atoms with Gasteiger partial charge in [-0.05, 0) is 24.3 Å². The lowest BCUT2D eigenvalue weighted by Gasteiger charge is -2.26. The number of aromatic nitrogens is 1. The van der Waals surface area contributed by atoms with Crippen molar-refractivity contribution in [3.63, 3.8) is 0 Å². The highest BCUT2D eigenvalue weighted by Crippen LogP contribution is 2.30. The number of anilines is 1. The van der Waals surface area contributed by atoms with Gasteiger partial charge in [0.2, 0.25) is 0 Å². The molecular weight excluding hydrogens is 401 g/mol. The Morgan fingerprint density at radius 3 is 2.68 bits per heavy atom. The number of hydrogen-bond acceptors (Lipinski definition) is 4. The van der Waals surface area contributed by atoms with E-state index in [1.54, 1.807) is 17.0 Å². The molecule has 4 rings (SSSR count). The average molecular weight is 416 g/mol. The third-order valence-electron chi connectivity index (χ3n) is 4.45. The Balaban J connectivity index is 1.50. The molecule has 2 heterocycles. The van der Waals surface area contributed by atoms with Gasteiger partial charge in [0.25, 0.3) is 11.8 Å². The molecule has 0 spiro atoms. The zero-order valence-electron chi connectivity index (χ0n) is 14.6. The first-order valence-corrected chi connectivity index (χ1v) is 9.80. The zero-order chi connectivity index (χ0) is 19.7. The number of thiazole rings is 1. The molecule has 2 aromatic carbocycles. The first-order valence-electron chi connectivity index (χ1n) is 8.61. The number of hydrogen-bond donors (Lipinski definition) is 1. The number of carbonyl (C=O) groups excluding carboxylic acids is 2. The second-order valence-corrected chi connectivity index (χ2v) is 7.77. The molecule has 142 valence electrons. The molecule has 2 amide bonds. The van der Waals surface area contributed by atoms with Gasteiger partial charge in [0.1, 0.15) is 5.82 Å². The Labute approximate surface area is 169 Å². The van der Waals surface area contributed by atoms with Crippen LogP contribution < -0.4 is 5.32 Å². The van der Waals surface area contributed by atoms with Crippen LogP contribution in [0.15, 0.2) is 48.5 Å². The summed E-state index contributed by atoms with van der Waals surface area (Å²) in [5.41, 5.74) is 1.27. The number of halogens is 2. The second kappa shape index (κ2) is 7.69. The number of nitrogens with zero attached hydrogens (tertiary/aromatic N) is 2. The van der Waals surface area contributed by atoms with Gasteiger partial charge in [-0.25, -0.2) is 9.37 Å². The first kappa shape index (κ1) is 18.6. The van der Waals surface area contributed by atoms with Crippen LogP contribution in [0.1, 0.15) is 31.3 Å². The highest BCUT2D eigenvalue weighted by molar-refractivity contribution is 7.15. The fraction of sp³-hybridized carbons (Fsp3) is 0.150. The summed E-state index contributed by atoms with van der Waals surface area (Å²) >= 11 is 7.23. The van der Waals surface area contributed by atoms with Crippen molar-refractivity contribution in [2.45, 2.75) is 13.0 Å². The molecule has 0 fully saturated rings. The van der Waals surface area contributed by atoms with E-state index in [9.17, 15) is 14.0 Å². The van der Waals surface area contributed by atoms with Gasteiger partial charge in [-0.2, -0.15) is 0 Å². The lowest BCUT2D eigenvalue weighted by atomic mass is 10.1. The maximum atomic E-state index is 13.9. The van der Waals surface area contributed by atoms with Crippen LogP contribution in [0.25, 0.3) is 0 Å². The lowest BCUT2D eigenvalue weighted by Crippen LogP contribution is -2.35. The maximum Gasteiger partial charge on any atom is 0.261 e. The minimum absolute atomic E-state index is 0.0385. The van der Waals surface area contributed by atoms with Crippen LogP contribution in [0.2, 0.25) is 5.02 Å². The van der Waals surface area contributed by atoms with Crippen LogP contribution in [0.5, 0.6) is 0 Å². The van der Waals surface area contributed by atoms with Gasteiger partial charge in [0, 0.05) is 23.4 Å². The van der Waals surface area contributed by atoms with E-state index < -0.39 is 11.7 Å². The van der Waals surface area contributed by atoms with E-state index in [-0.39, 0.29) is 16.5 Å². The molecule has 0 bridgehead atoms. The molecule has 0 unspecified atom stereocenters. The summed E-state index contributed by atoms with van der Waals surface area (Å²) in [6.07, 6.45) is 0.598. The average Bonchev–Trinajstić information content (AvgIpc) is 3.09. The third kappa shape index (κ3) is 3.63. The van der Waals surface area contributed by atoms with E-state index in [0.717, 1.165) is 10.6 Å². The summed E-state index contributed by atoms with van der Waals surface area (Å²) < 4.78 is 13.9. The van der Waals surface area contributed by atoms with Crippen LogP contribution in [-0.4, -0.2) is 28.2 Å². The van der Waals surface area contributed by atoms with Gasteiger partial charge >= 0.3 is 0 Å². The van der Waals surface area contributed by atoms with E-state index >= 15 is 0 Å². The Kier molecular flexibility index (Phi) is 5.11. The van der Waals surface area contributed by atoms with Crippen LogP contribution in [0.3, 0.4) is 0 Å². The minimum atomic E-state index is -0.689. The van der Waals surface area contributed by atoms with Gasteiger partial charge in [0.05, 0.1) is 22.8 Å². The van der Waals surface area contributed by atoms with Crippen molar-refractivity contribution in [2.75, 3.05) is 11.9 Å². The van der Waals surface area contributed by atoms with Crippen molar-refractivity contribution >= 4 is 39.9 Å². The molecular formula is C20H15ClFN3O2S. The number of carbonyl (C=O) groups is 2. The molecule has 0 saturated carbocycles. The van der Waals surface area contributed by atoms with E-state index in [0.29, 0.717) is 30.2 Å². The molecule has 3 aromatic rings. The fourth-order valence-corrected chi connectivity index (χ4v) is 4.33. The van der Waals surface area contributed by atoms with E-state index in [4.69, 9.17) is 11.6 Å². The monoisotopic (exact) mass is 415 g/mol. The molecule has 0 atom stereocenters. The summed E-state index contributed by atoms with van der Waals surface area (Å²) in [5, 5.41) is 3.02. The van der Waals surface area contributed by atoms with E-state index in [1.807, 2.05) is 18.2 Å². The predicted octanol–water partition coefficient (Wildman–Crippen LogP) is 4.39. The SMILES string of the molecule is O=C(Nc1nc2c(s1)CN(C(=O)c1ccccc1)CC2)c1c(F)cccc1Cl. The third-order valence-corrected chi connectivity index (χ3v) is 5.76. The van der Waals surface area contributed by atoms with Crippen molar-refractivity contribution in [3.05, 3.63) is 81.1 Å². The molecule has 1 aliphatic heterocycles. The van der Waals surface area contributed by atoms with Crippen LogP contribution in [0.4, 0.5) is 9.52 Å². The smallest absolute Gasteiger partial charge is 0.261 e. The largest absolute Gasteiger partial charge is 0.333 e. The number of fused-ring (bicyclic) bond motifs is 1. The minimum Gasteiger partial charge on any atom is -0.333 e. The van der Waals surface area contributed by atoms with Crippen LogP contribution in [0, 0.1) is 5.82 Å². The normalized spacial score (nSPS) is 13.1. The second-order valence-electron chi connectivity index (χ2n) is 6.28. The Bertz CT molecular complexity index is 1030. The van der Waals surface area contributed by atoms with Gasteiger partial charge in [-0.3, -0.25) is 14.9 Å². The topological polar surface area (TPSA) is 62.3 Å².